The fraction of sp³-hybridized carbons (Fsp3) is 0.647. The summed E-state index contributed by atoms with van der Waals surface area (Å²) in [5.41, 5.74) is 2.41. The maximum absolute atomic E-state index is 5.46. The molecule has 0 aromatic heterocycles. The Hall–Kier alpha value is -1.22. The lowest BCUT2D eigenvalue weighted by atomic mass is 10.1. The van der Waals surface area contributed by atoms with Crippen molar-refractivity contribution in [2.24, 2.45) is 0 Å². The maximum atomic E-state index is 5.46. The Balaban J connectivity index is 2.69. The molecule has 1 unspecified atom stereocenters. The highest BCUT2D eigenvalue weighted by molar-refractivity contribution is 5.58. The average molecular weight is 278 g/mol. The van der Waals surface area contributed by atoms with E-state index in [1.54, 1.807) is 7.11 Å². The van der Waals surface area contributed by atoms with Crippen molar-refractivity contribution in [2.45, 2.75) is 52.1 Å². The SMILES string of the molecule is CCCCCC(C)Nc1cc(CN(C)C)ccc1OC. The first-order valence-electron chi connectivity index (χ1n) is 7.65. The molecular formula is C17H30N2O. The van der Waals surface area contributed by atoms with Crippen molar-refractivity contribution >= 4 is 5.69 Å². The van der Waals surface area contributed by atoms with Gasteiger partial charge in [-0.2, -0.15) is 0 Å². The molecule has 3 heteroatoms. The van der Waals surface area contributed by atoms with Gasteiger partial charge >= 0.3 is 0 Å². The van der Waals surface area contributed by atoms with Crippen LogP contribution in [0.4, 0.5) is 5.69 Å². The van der Waals surface area contributed by atoms with Gasteiger partial charge in [0.1, 0.15) is 5.75 Å². The van der Waals surface area contributed by atoms with E-state index in [1.807, 2.05) is 0 Å². The second-order valence-electron chi connectivity index (χ2n) is 5.81. The molecule has 3 nitrogen and oxygen atoms in total. The average Bonchev–Trinajstić information content (AvgIpc) is 2.38. The van der Waals surface area contributed by atoms with Crippen molar-refractivity contribution in [3.63, 3.8) is 0 Å². The van der Waals surface area contributed by atoms with Crippen molar-refractivity contribution < 1.29 is 4.74 Å². The standard InChI is InChI=1S/C17H30N2O/c1-6-7-8-9-14(2)18-16-12-15(13-19(3)4)10-11-17(16)20-5/h10-12,14,18H,6-9,13H2,1-5H3. The van der Waals surface area contributed by atoms with Gasteiger partial charge < -0.3 is 15.0 Å². The van der Waals surface area contributed by atoms with Gasteiger partial charge in [-0.3, -0.25) is 0 Å². The van der Waals surface area contributed by atoms with Crippen molar-refractivity contribution in [3.8, 4) is 5.75 Å². The molecule has 114 valence electrons. The van der Waals surface area contributed by atoms with Crippen molar-refractivity contribution in [1.82, 2.24) is 4.90 Å². The third-order valence-electron chi connectivity index (χ3n) is 3.41. The highest BCUT2D eigenvalue weighted by atomic mass is 16.5. The minimum Gasteiger partial charge on any atom is -0.495 e. The summed E-state index contributed by atoms with van der Waals surface area (Å²) in [4.78, 5) is 2.18. The van der Waals surface area contributed by atoms with Crippen LogP contribution in [0.15, 0.2) is 18.2 Å². The fourth-order valence-electron chi connectivity index (χ4n) is 2.37. The number of hydrogen-bond acceptors (Lipinski definition) is 3. The first-order chi connectivity index (χ1) is 9.56. The van der Waals surface area contributed by atoms with E-state index in [0.29, 0.717) is 6.04 Å². The van der Waals surface area contributed by atoms with Gasteiger partial charge in [-0.15, -0.1) is 0 Å². The van der Waals surface area contributed by atoms with Gasteiger partial charge in [0.25, 0.3) is 0 Å². The molecule has 0 aliphatic carbocycles. The van der Waals surface area contributed by atoms with Crippen LogP contribution in [0.5, 0.6) is 5.75 Å². The van der Waals surface area contributed by atoms with Crippen LogP contribution in [0.25, 0.3) is 0 Å². The van der Waals surface area contributed by atoms with Crippen LogP contribution in [0.2, 0.25) is 0 Å². The molecule has 1 atom stereocenters. The van der Waals surface area contributed by atoms with Crippen LogP contribution < -0.4 is 10.1 Å². The number of anilines is 1. The van der Waals surface area contributed by atoms with Gasteiger partial charge in [-0.1, -0.05) is 32.3 Å². The Morgan fingerprint density at radius 3 is 2.60 bits per heavy atom. The Kier molecular flexibility index (Phi) is 7.45. The fourth-order valence-corrected chi connectivity index (χ4v) is 2.37. The predicted molar refractivity (Wildman–Crippen MR) is 87.6 cm³/mol. The molecule has 0 heterocycles. The number of nitrogens with zero attached hydrogens (tertiary/aromatic N) is 1. The minimum atomic E-state index is 0.477. The van der Waals surface area contributed by atoms with E-state index in [9.17, 15) is 0 Å². The molecular weight excluding hydrogens is 248 g/mol. The normalized spacial score (nSPS) is 12.5. The Morgan fingerprint density at radius 1 is 1.25 bits per heavy atom. The van der Waals surface area contributed by atoms with E-state index in [4.69, 9.17) is 4.74 Å². The molecule has 0 fully saturated rings. The van der Waals surface area contributed by atoms with Crippen molar-refractivity contribution in [1.29, 1.82) is 0 Å². The summed E-state index contributed by atoms with van der Waals surface area (Å²) >= 11 is 0. The van der Waals surface area contributed by atoms with E-state index >= 15 is 0 Å². The van der Waals surface area contributed by atoms with Crippen molar-refractivity contribution in [3.05, 3.63) is 23.8 Å². The molecule has 0 spiro atoms. The van der Waals surface area contributed by atoms with Gasteiger partial charge in [0, 0.05) is 12.6 Å². The monoisotopic (exact) mass is 278 g/mol. The van der Waals surface area contributed by atoms with Crippen LogP contribution in [0.1, 0.15) is 45.1 Å². The third-order valence-corrected chi connectivity index (χ3v) is 3.41. The molecule has 20 heavy (non-hydrogen) atoms. The Morgan fingerprint density at radius 2 is 2.00 bits per heavy atom. The number of hydrogen-bond donors (Lipinski definition) is 1. The van der Waals surface area contributed by atoms with Gasteiger partial charge in [-0.25, -0.2) is 0 Å². The number of methoxy groups -OCH3 is 1. The lowest BCUT2D eigenvalue weighted by Gasteiger charge is -2.19. The van der Waals surface area contributed by atoms with Gasteiger partial charge in [0.15, 0.2) is 0 Å². The molecule has 1 rings (SSSR count). The largest absolute Gasteiger partial charge is 0.495 e. The number of unbranched alkanes of at least 4 members (excludes halogenated alkanes) is 2. The van der Waals surface area contributed by atoms with Gasteiger partial charge in [-0.05, 0) is 45.1 Å². The second-order valence-corrected chi connectivity index (χ2v) is 5.81. The van der Waals surface area contributed by atoms with E-state index in [2.05, 4.69) is 56.4 Å². The summed E-state index contributed by atoms with van der Waals surface area (Å²) in [5, 5.41) is 3.59. The smallest absolute Gasteiger partial charge is 0.141 e. The molecule has 1 N–H and O–H groups in total. The topological polar surface area (TPSA) is 24.5 Å². The molecule has 0 bridgehead atoms. The molecule has 0 amide bonds. The lowest BCUT2D eigenvalue weighted by Crippen LogP contribution is -2.16. The zero-order valence-electron chi connectivity index (χ0n) is 13.7. The summed E-state index contributed by atoms with van der Waals surface area (Å²) in [6.07, 6.45) is 5.07. The summed E-state index contributed by atoms with van der Waals surface area (Å²) in [6, 6.07) is 6.87. The Labute approximate surface area is 124 Å². The summed E-state index contributed by atoms with van der Waals surface area (Å²) < 4.78 is 5.46. The van der Waals surface area contributed by atoms with Crippen LogP contribution in [-0.4, -0.2) is 32.1 Å². The summed E-state index contributed by atoms with van der Waals surface area (Å²) in [5.74, 6) is 0.926. The van der Waals surface area contributed by atoms with Gasteiger partial charge in [0.05, 0.1) is 12.8 Å². The van der Waals surface area contributed by atoms with Crippen LogP contribution in [0, 0.1) is 0 Å². The second kappa shape index (κ2) is 8.85. The Bertz CT molecular complexity index is 391. The molecule has 0 radical (unpaired) electrons. The zero-order valence-corrected chi connectivity index (χ0v) is 13.7. The molecule has 0 aliphatic heterocycles. The minimum absolute atomic E-state index is 0.477. The molecule has 0 saturated carbocycles. The highest BCUT2D eigenvalue weighted by Gasteiger charge is 2.08. The number of ether oxygens (including phenoxy) is 1. The van der Waals surface area contributed by atoms with Crippen LogP contribution in [0.3, 0.4) is 0 Å². The molecule has 1 aromatic rings. The molecule has 0 aliphatic rings. The molecule has 1 aromatic carbocycles. The number of rotatable bonds is 9. The first kappa shape index (κ1) is 16.8. The van der Waals surface area contributed by atoms with Crippen LogP contribution >= 0.6 is 0 Å². The number of nitrogens with one attached hydrogen (secondary N) is 1. The first-order valence-corrected chi connectivity index (χ1v) is 7.65. The van der Waals surface area contributed by atoms with Crippen LogP contribution in [-0.2, 0) is 6.54 Å². The maximum Gasteiger partial charge on any atom is 0.141 e. The predicted octanol–water partition coefficient (Wildman–Crippen LogP) is 4.14. The lowest BCUT2D eigenvalue weighted by molar-refractivity contribution is 0.400. The van der Waals surface area contributed by atoms with E-state index in [1.165, 1.54) is 31.2 Å². The van der Waals surface area contributed by atoms with E-state index in [0.717, 1.165) is 18.0 Å². The van der Waals surface area contributed by atoms with E-state index in [-0.39, 0.29) is 0 Å². The third kappa shape index (κ3) is 5.83. The van der Waals surface area contributed by atoms with Crippen molar-refractivity contribution in [2.75, 3.05) is 26.5 Å². The summed E-state index contributed by atoms with van der Waals surface area (Å²) in [7, 11) is 5.91. The summed E-state index contributed by atoms with van der Waals surface area (Å²) in [6.45, 7) is 5.43. The quantitative estimate of drug-likeness (QED) is 0.687. The molecule has 0 saturated heterocycles. The zero-order chi connectivity index (χ0) is 15.0. The number of benzene rings is 1. The van der Waals surface area contributed by atoms with E-state index < -0.39 is 0 Å². The van der Waals surface area contributed by atoms with Gasteiger partial charge in [0.2, 0.25) is 0 Å². The highest BCUT2D eigenvalue weighted by Crippen LogP contribution is 2.27.